The van der Waals surface area contributed by atoms with E-state index in [0.717, 1.165) is 6.42 Å². The summed E-state index contributed by atoms with van der Waals surface area (Å²) in [6.45, 7) is 3.73. The summed E-state index contributed by atoms with van der Waals surface area (Å²) in [6.07, 6.45) is 0.710. The minimum absolute atomic E-state index is 0.0419. The number of carbonyl (C=O) groups is 7. The number of rotatable bonds is 19. The third kappa shape index (κ3) is 11.8. The second-order valence-corrected chi connectivity index (χ2v) is 12.4. The molecule has 4 aromatic rings. The molecule has 0 radical (unpaired) electrons. The number of esters is 1. The molecule has 0 saturated heterocycles. The lowest BCUT2D eigenvalue weighted by Gasteiger charge is -2.23. The van der Waals surface area contributed by atoms with Gasteiger partial charge in [-0.1, -0.05) is 80.9 Å². The van der Waals surface area contributed by atoms with Crippen LogP contribution in [0.5, 0.6) is 0 Å². The van der Waals surface area contributed by atoms with E-state index in [9.17, 15) is 33.6 Å². The molecule has 12 heteroatoms. The fourth-order valence-corrected chi connectivity index (χ4v) is 5.42. The van der Waals surface area contributed by atoms with E-state index >= 15 is 0 Å². The largest absolute Gasteiger partial charge is 0.464 e. The first-order chi connectivity index (χ1) is 26.1. The van der Waals surface area contributed by atoms with Gasteiger partial charge in [0, 0.05) is 41.5 Å². The maximum Gasteiger partial charge on any atom is 0.329 e. The second-order valence-electron chi connectivity index (χ2n) is 12.4. The van der Waals surface area contributed by atoms with E-state index in [4.69, 9.17) is 4.74 Å². The van der Waals surface area contributed by atoms with Gasteiger partial charge in [0.05, 0.1) is 18.0 Å². The summed E-state index contributed by atoms with van der Waals surface area (Å²) < 4.78 is 5.40. The van der Waals surface area contributed by atoms with E-state index in [1.807, 2.05) is 6.92 Å². The number of hydrogen-bond acceptors (Lipinski definition) is 8. The molecule has 54 heavy (non-hydrogen) atoms. The van der Waals surface area contributed by atoms with Crippen molar-refractivity contribution in [2.24, 2.45) is 0 Å². The van der Waals surface area contributed by atoms with Gasteiger partial charge >= 0.3 is 5.97 Å². The molecule has 0 aliphatic carbocycles. The fourth-order valence-electron chi connectivity index (χ4n) is 5.42. The minimum Gasteiger partial charge on any atom is -0.464 e. The molecule has 280 valence electrons. The Hall–Kier alpha value is -6.43. The molecule has 0 aliphatic heterocycles. The SMILES string of the molecule is CCCCOC(=O)C(CC(=O)c1ccccc1NC(=O)c1ccccc1)NC(=O)C(CC(=O)c1ccccc1NC(=O)c1ccccc1)NC(=O)CCC. The predicted molar refractivity (Wildman–Crippen MR) is 204 cm³/mol. The Morgan fingerprint density at radius 3 is 1.50 bits per heavy atom. The fraction of sp³-hybridized carbons (Fsp3) is 0.262. The number of ketones is 2. The van der Waals surface area contributed by atoms with Crippen molar-refractivity contribution < 1.29 is 38.3 Å². The maximum absolute atomic E-state index is 13.9. The number of Topliss-reactive ketones (excluding diaryl/α,β-unsaturated/α-hetero) is 2. The molecule has 0 aliphatic rings. The van der Waals surface area contributed by atoms with Crippen molar-refractivity contribution >= 4 is 52.5 Å². The Morgan fingerprint density at radius 1 is 0.556 bits per heavy atom. The van der Waals surface area contributed by atoms with Crippen LogP contribution in [0.25, 0.3) is 0 Å². The second kappa shape index (κ2) is 20.6. The van der Waals surface area contributed by atoms with E-state index < -0.39 is 66.1 Å². The number of hydrogen-bond donors (Lipinski definition) is 4. The first kappa shape index (κ1) is 40.3. The van der Waals surface area contributed by atoms with Crippen LogP contribution >= 0.6 is 0 Å². The van der Waals surface area contributed by atoms with Crippen molar-refractivity contribution in [1.82, 2.24) is 10.6 Å². The molecule has 0 fully saturated rings. The summed E-state index contributed by atoms with van der Waals surface area (Å²) in [7, 11) is 0. The lowest BCUT2D eigenvalue weighted by Crippen LogP contribution is -2.53. The van der Waals surface area contributed by atoms with Crippen molar-refractivity contribution in [3.05, 3.63) is 131 Å². The number of carbonyl (C=O) groups excluding carboxylic acids is 7. The molecule has 4 aromatic carbocycles. The number of ether oxygens (including phenoxy) is 1. The van der Waals surface area contributed by atoms with Gasteiger partial charge in [0.1, 0.15) is 12.1 Å². The summed E-state index contributed by atoms with van der Waals surface area (Å²) in [5.41, 5.74) is 1.35. The molecule has 0 saturated carbocycles. The standard InChI is InChI=1S/C42H44N4O8/c1-3-5-25-54-42(53)35(27-37(48)31-22-13-15-24-33(31)45-40(51)29-19-10-7-11-20-29)46-41(52)34(43-38(49)16-4-2)26-36(47)30-21-12-14-23-32(30)44-39(50)28-17-8-6-9-18-28/h6-15,17-24,34-35H,3-5,16,25-27H2,1-2H3,(H,43,49)(H,44,50)(H,45,51)(H,46,52). The molecule has 2 atom stereocenters. The number of nitrogens with one attached hydrogen (secondary N) is 4. The van der Waals surface area contributed by atoms with Gasteiger partial charge in [-0.25, -0.2) is 4.79 Å². The van der Waals surface area contributed by atoms with Gasteiger partial charge in [-0.3, -0.25) is 28.8 Å². The van der Waals surface area contributed by atoms with Gasteiger partial charge in [-0.15, -0.1) is 0 Å². The third-order valence-corrected chi connectivity index (χ3v) is 8.27. The van der Waals surface area contributed by atoms with Crippen LogP contribution in [0.1, 0.15) is 93.8 Å². The van der Waals surface area contributed by atoms with Crippen molar-refractivity contribution in [3.8, 4) is 0 Å². The highest BCUT2D eigenvalue weighted by Crippen LogP contribution is 2.21. The van der Waals surface area contributed by atoms with Crippen LogP contribution < -0.4 is 21.3 Å². The molecule has 0 heterocycles. The van der Waals surface area contributed by atoms with Crippen LogP contribution in [-0.2, 0) is 19.1 Å². The molecule has 0 aromatic heterocycles. The zero-order valence-electron chi connectivity index (χ0n) is 30.3. The van der Waals surface area contributed by atoms with Gasteiger partial charge in [-0.05, 0) is 61.4 Å². The molecule has 0 spiro atoms. The number of anilines is 2. The highest BCUT2D eigenvalue weighted by atomic mass is 16.5. The van der Waals surface area contributed by atoms with Crippen molar-refractivity contribution in [2.45, 2.75) is 64.5 Å². The Morgan fingerprint density at radius 2 is 1.02 bits per heavy atom. The van der Waals surface area contributed by atoms with Crippen LogP contribution in [0.15, 0.2) is 109 Å². The van der Waals surface area contributed by atoms with E-state index in [2.05, 4.69) is 21.3 Å². The van der Waals surface area contributed by atoms with E-state index in [0.29, 0.717) is 24.0 Å². The average molecular weight is 733 g/mol. The van der Waals surface area contributed by atoms with Gasteiger partial charge in [-0.2, -0.15) is 0 Å². The van der Waals surface area contributed by atoms with Crippen LogP contribution in [0, 0.1) is 0 Å². The molecule has 0 bridgehead atoms. The zero-order chi connectivity index (χ0) is 38.9. The lowest BCUT2D eigenvalue weighted by molar-refractivity contribution is -0.148. The van der Waals surface area contributed by atoms with Crippen LogP contribution in [0.3, 0.4) is 0 Å². The summed E-state index contributed by atoms with van der Waals surface area (Å²) in [6, 6.07) is 26.5. The third-order valence-electron chi connectivity index (χ3n) is 8.27. The van der Waals surface area contributed by atoms with Crippen molar-refractivity contribution in [2.75, 3.05) is 17.2 Å². The molecular weight excluding hydrogens is 688 g/mol. The quantitative estimate of drug-likeness (QED) is 0.0504. The highest BCUT2D eigenvalue weighted by Gasteiger charge is 2.32. The van der Waals surface area contributed by atoms with Gasteiger partial charge < -0.3 is 26.0 Å². The lowest BCUT2D eigenvalue weighted by atomic mass is 9.99. The van der Waals surface area contributed by atoms with Crippen LogP contribution in [0.2, 0.25) is 0 Å². The number of para-hydroxylation sites is 2. The van der Waals surface area contributed by atoms with Gasteiger partial charge in [0.2, 0.25) is 11.8 Å². The van der Waals surface area contributed by atoms with Crippen molar-refractivity contribution in [1.29, 1.82) is 0 Å². The van der Waals surface area contributed by atoms with E-state index in [1.165, 1.54) is 12.1 Å². The van der Waals surface area contributed by atoms with Crippen molar-refractivity contribution in [3.63, 3.8) is 0 Å². The first-order valence-corrected chi connectivity index (χ1v) is 17.8. The maximum atomic E-state index is 13.9. The minimum atomic E-state index is -1.50. The average Bonchev–Trinajstić information content (AvgIpc) is 3.18. The van der Waals surface area contributed by atoms with Crippen LogP contribution in [0.4, 0.5) is 11.4 Å². The molecule has 4 rings (SSSR count). The Bertz CT molecular complexity index is 1950. The van der Waals surface area contributed by atoms with E-state index in [1.54, 1.807) is 104 Å². The zero-order valence-corrected chi connectivity index (χ0v) is 30.3. The first-order valence-electron chi connectivity index (χ1n) is 17.8. The number of amides is 4. The predicted octanol–water partition coefficient (Wildman–Crippen LogP) is 6.15. The molecule has 2 unspecified atom stereocenters. The summed E-state index contributed by atoms with van der Waals surface area (Å²) in [5, 5.41) is 10.6. The molecule has 4 amide bonds. The smallest absolute Gasteiger partial charge is 0.329 e. The number of unbranched alkanes of at least 4 members (excludes halogenated alkanes) is 1. The Kier molecular flexibility index (Phi) is 15.4. The highest BCUT2D eigenvalue weighted by molar-refractivity contribution is 6.12. The van der Waals surface area contributed by atoms with E-state index in [-0.39, 0.29) is 35.5 Å². The number of benzene rings is 4. The molecular formula is C42H44N4O8. The monoisotopic (exact) mass is 732 g/mol. The van der Waals surface area contributed by atoms with Gasteiger partial charge in [0.15, 0.2) is 11.6 Å². The molecule has 12 nitrogen and oxygen atoms in total. The topological polar surface area (TPSA) is 177 Å². The Balaban J connectivity index is 1.57. The molecule has 4 N–H and O–H groups in total. The van der Waals surface area contributed by atoms with Gasteiger partial charge in [0.25, 0.3) is 11.8 Å². The van der Waals surface area contributed by atoms with Crippen LogP contribution in [-0.4, -0.2) is 59.9 Å². The summed E-state index contributed by atoms with van der Waals surface area (Å²) in [4.78, 5) is 93.4. The Labute approximate surface area is 314 Å². The summed E-state index contributed by atoms with van der Waals surface area (Å²) >= 11 is 0. The summed E-state index contributed by atoms with van der Waals surface area (Å²) in [5.74, 6) is -4.32. The normalized spacial score (nSPS) is 11.7.